The van der Waals surface area contributed by atoms with Gasteiger partial charge < -0.3 is 5.11 Å². The number of hydrogen-bond acceptors (Lipinski definition) is 3. The van der Waals surface area contributed by atoms with Gasteiger partial charge in [0, 0.05) is 17.6 Å². The minimum absolute atomic E-state index is 0.126. The summed E-state index contributed by atoms with van der Waals surface area (Å²) in [6.45, 7) is 5.25. The Labute approximate surface area is 137 Å². The highest BCUT2D eigenvalue weighted by Gasteiger charge is 2.21. The van der Waals surface area contributed by atoms with Crippen LogP contribution in [0.1, 0.15) is 30.4 Å². The predicted molar refractivity (Wildman–Crippen MR) is 89.4 cm³/mol. The van der Waals surface area contributed by atoms with Gasteiger partial charge in [-0.25, -0.2) is 0 Å². The molecule has 0 amide bonds. The lowest BCUT2D eigenvalue weighted by Crippen LogP contribution is -2.36. The van der Waals surface area contributed by atoms with Crippen molar-refractivity contribution in [2.75, 3.05) is 26.7 Å². The monoisotopic (exact) mass is 324 g/mol. The number of carboxylic acid groups (broad SMARTS) is 1. The van der Waals surface area contributed by atoms with Crippen LogP contribution in [0.2, 0.25) is 5.02 Å². The standard InChI is InChI=1S/C17H25ClN2O2/c1-13-10-15(18)6-5-14(13)11-20-8-3-4-16(7-9-20)19(2)12-17(21)22/h5-6,10,16H,3-4,7-9,11-12H2,1-2H3,(H,21,22). The maximum atomic E-state index is 10.8. The third kappa shape index (κ3) is 4.97. The van der Waals surface area contributed by atoms with Gasteiger partial charge in [-0.1, -0.05) is 17.7 Å². The molecule has 0 aliphatic carbocycles. The van der Waals surface area contributed by atoms with Gasteiger partial charge in [0.2, 0.25) is 0 Å². The topological polar surface area (TPSA) is 43.8 Å². The highest BCUT2D eigenvalue weighted by atomic mass is 35.5. The van der Waals surface area contributed by atoms with Crippen LogP contribution in [0.15, 0.2) is 18.2 Å². The summed E-state index contributed by atoms with van der Waals surface area (Å²) in [4.78, 5) is 15.3. The second kappa shape index (κ2) is 7.95. The SMILES string of the molecule is Cc1cc(Cl)ccc1CN1CCCC(N(C)CC(=O)O)CC1. The molecule has 0 bridgehead atoms. The number of rotatable bonds is 5. The molecule has 1 heterocycles. The third-order valence-electron chi connectivity index (χ3n) is 4.50. The van der Waals surface area contributed by atoms with Crippen LogP contribution in [-0.4, -0.2) is 53.6 Å². The number of likely N-dealkylation sites (N-methyl/N-ethyl adjacent to an activating group) is 1. The molecule has 0 radical (unpaired) electrons. The van der Waals surface area contributed by atoms with E-state index in [1.807, 2.05) is 24.1 Å². The fourth-order valence-corrected chi connectivity index (χ4v) is 3.38. The van der Waals surface area contributed by atoms with E-state index in [0.29, 0.717) is 6.04 Å². The predicted octanol–water partition coefficient (Wildman–Crippen LogP) is 3.02. The van der Waals surface area contributed by atoms with E-state index in [2.05, 4.69) is 17.9 Å². The number of carbonyl (C=O) groups is 1. The van der Waals surface area contributed by atoms with Gasteiger partial charge in [0.15, 0.2) is 0 Å². The molecule has 5 heteroatoms. The molecule has 1 aliphatic rings. The Morgan fingerprint density at radius 3 is 2.86 bits per heavy atom. The van der Waals surface area contributed by atoms with Crippen molar-refractivity contribution in [1.82, 2.24) is 9.80 Å². The largest absolute Gasteiger partial charge is 0.480 e. The van der Waals surface area contributed by atoms with Gasteiger partial charge in [-0.15, -0.1) is 0 Å². The normalized spacial score (nSPS) is 20.1. The summed E-state index contributed by atoms with van der Waals surface area (Å²) in [6.07, 6.45) is 3.21. The van der Waals surface area contributed by atoms with Gasteiger partial charge in [-0.05, 0) is 69.6 Å². The van der Waals surface area contributed by atoms with Gasteiger partial charge in [-0.2, -0.15) is 0 Å². The number of hydrogen-bond donors (Lipinski definition) is 1. The van der Waals surface area contributed by atoms with Crippen LogP contribution < -0.4 is 0 Å². The molecular weight excluding hydrogens is 300 g/mol. The summed E-state index contributed by atoms with van der Waals surface area (Å²) in [6, 6.07) is 6.44. The Balaban J connectivity index is 1.91. The summed E-state index contributed by atoms with van der Waals surface area (Å²) in [5, 5.41) is 9.71. The van der Waals surface area contributed by atoms with E-state index in [-0.39, 0.29) is 6.54 Å². The fourth-order valence-electron chi connectivity index (χ4n) is 3.16. The summed E-state index contributed by atoms with van der Waals surface area (Å²) in [5.74, 6) is -0.750. The van der Waals surface area contributed by atoms with Crippen molar-refractivity contribution in [2.45, 2.75) is 38.8 Å². The van der Waals surface area contributed by atoms with E-state index in [4.69, 9.17) is 16.7 Å². The lowest BCUT2D eigenvalue weighted by atomic mass is 10.1. The molecule has 0 spiro atoms. The van der Waals surface area contributed by atoms with Crippen molar-refractivity contribution >= 4 is 17.6 Å². The van der Waals surface area contributed by atoms with E-state index in [1.165, 1.54) is 11.1 Å². The zero-order valence-electron chi connectivity index (χ0n) is 13.4. The Hall–Kier alpha value is -1.10. The molecule has 1 N–H and O–H groups in total. The third-order valence-corrected chi connectivity index (χ3v) is 4.73. The second-order valence-corrected chi connectivity index (χ2v) is 6.68. The fraction of sp³-hybridized carbons (Fsp3) is 0.588. The van der Waals surface area contributed by atoms with E-state index in [9.17, 15) is 4.79 Å². The first-order chi connectivity index (χ1) is 10.5. The number of benzene rings is 1. The molecule has 4 nitrogen and oxygen atoms in total. The Kier molecular flexibility index (Phi) is 6.24. The smallest absolute Gasteiger partial charge is 0.317 e. The van der Waals surface area contributed by atoms with Crippen molar-refractivity contribution in [3.8, 4) is 0 Å². The number of carboxylic acids is 1. The molecule has 1 atom stereocenters. The highest BCUT2D eigenvalue weighted by Crippen LogP contribution is 2.20. The first kappa shape index (κ1) is 17.3. The van der Waals surface area contributed by atoms with Crippen LogP contribution in [0.5, 0.6) is 0 Å². The molecule has 1 fully saturated rings. The van der Waals surface area contributed by atoms with Crippen LogP contribution >= 0.6 is 11.6 Å². The molecule has 22 heavy (non-hydrogen) atoms. The Bertz CT molecular complexity index is 521. The van der Waals surface area contributed by atoms with Gasteiger partial charge in [0.05, 0.1) is 6.54 Å². The van der Waals surface area contributed by atoms with Gasteiger partial charge in [0.25, 0.3) is 0 Å². The number of aliphatic carboxylic acids is 1. The maximum absolute atomic E-state index is 10.8. The summed E-state index contributed by atoms with van der Waals surface area (Å²) < 4.78 is 0. The lowest BCUT2D eigenvalue weighted by Gasteiger charge is -2.25. The zero-order valence-corrected chi connectivity index (χ0v) is 14.1. The van der Waals surface area contributed by atoms with Gasteiger partial charge in [-0.3, -0.25) is 14.6 Å². The maximum Gasteiger partial charge on any atom is 0.317 e. The Morgan fingerprint density at radius 2 is 2.18 bits per heavy atom. The molecule has 1 aliphatic heterocycles. The quantitative estimate of drug-likeness (QED) is 0.904. The first-order valence-corrected chi connectivity index (χ1v) is 8.23. The van der Waals surface area contributed by atoms with Crippen molar-refractivity contribution in [2.24, 2.45) is 0 Å². The van der Waals surface area contributed by atoms with Gasteiger partial charge >= 0.3 is 5.97 Å². The molecule has 0 saturated carbocycles. The van der Waals surface area contributed by atoms with Gasteiger partial charge in [0.1, 0.15) is 0 Å². The Morgan fingerprint density at radius 1 is 1.41 bits per heavy atom. The number of halogens is 1. The van der Waals surface area contributed by atoms with Crippen LogP contribution in [0, 0.1) is 6.92 Å². The van der Waals surface area contributed by atoms with Crippen LogP contribution in [-0.2, 0) is 11.3 Å². The molecule has 0 aromatic heterocycles. The average Bonchev–Trinajstić information content (AvgIpc) is 2.67. The minimum Gasteiger partial charge on any atom is -0.480 e. The molecule has 1 saturated heterocycles. The van der Waals surface area contributed by atoms with Crippen LogP contribution in [0.3, 0.4) is 0 Å². The summed E-state index contributed by atoms with van der Waals surface area (Å²) >= 11 is 6.01. The zero-order chi connectivity index (χ0) is 16.1. The molecular formula is C17H25ClN2O2. The van der Waals surface area contributed by atoms with Crippen molar-refractivity contribution in [3.63, 3.8) is 0 Å². The number of aryl methyl sites for hydroxylation is 1. The van der Waals surface area contributed by atoms with E-state index in [1.54, 1.807) is 0 Å². The second-order valence-electron chi connectivity index (χ2n) is 6.24. The first-order valence-electron chi connectivity index (χ1n) is 7.85. The van der Waals surface area contributed by atoms with E-state index >= 15 is 0 Å². The molecule has 2 rings (SSSR count). The van der Waals surface area contributed by atoms with Crippen LogP contribution in [0.4, 0.5) is 0 Å². The van der Waals surface area contributed by atoms with Crippen molar-refractivity contribution in [3.05, 3.63) is 34.3 Å². The molecule has 1 unspecified atom stereocenters. The van der Waals surface area contributed by atoms with Crippen molar-refractivity contribution < 1.29 is 9.90 Å². The number of nitrogens with zero attached hydrogens (tertiary/aromatic N) is 2. The molecule has 1 aromatic carbocycles. The molecule has 1 aromatic rings. The van der Waals surface area contributed by atoms with E-state index in [0.717, 1.165) is 43.9 Å². The molecule has 122 valence electrons. The average molecular weight is 325 g/mol. The van der Waals surface area contributed by atoms with E-state index < -0.39 is 5.97 Å². The highest BCUT2D eigenvalue weighted by molar-refractivity contribution is 6.30. The van der Waals surface area contributed by atoms with Crippen molar-refractivity contribution in [1.29, 1.82) is 0 Å². The lowest BCUT2D eigenvalue weighted by molar-refractivity contribution is -0.138. The number of likely N-dealkylation sites (tertiary alicyclic amines) is 1. The summed E-state index contributed by atoms with van der Waals surface area (Å²) in [7, 11) is 1.91. The minimum atomic E-state index is -0.750. The summed E-state index contributed by atoms with van der Waals surface area (Å²) in [5.41, 5.74) is 2.55. The van der Waals surface area contributed by atoms with Crippen LogP contribution in [0.25, 0.3) is 0 Å².